The van der Waals surface area contributed by atoms with Gasteiger partial charge in [0.1, 0.15) is 0 Å². The highest BCUT2D eigenvalue weighted by Gasteiger charge is 2.31. The lowest BCUT2D eigenvalue weighted by Crippen LogP contribution is -2.43. The highest BCUT2D eigenvalue weighted by atomic mass is 16.6. The van der Waals surface area contributed by atoms with E-state index in [9.17, 15) is 9.59 Å². The van der Waals surface area contributed by atoms with Crippen molar-refractivity contribution >= 4 is 11.9 Å². The largest absolute Gasteiger partial charge is 0.467 e. The topological polar surface area (TPSA) is 145 Å². The fourth-order valence-electron chi connectivity index (χ4n) is 1.69. The molecule has 0 aromatic rings. The molecule has 6 N–H and O–H groups in total. The van der Waals surface area contributed by atoms with E-state index in [1.807, 2.05) is 0 Å². The van der Waals surface area contributed by atoms with Gasteiger partial charge in [0, 0.05) is 12.1 Å². The van der Waals surface area contributed by atoms with Gasteiger partial charge in [-0.1, -0.05) is 12.8 Å². The van der Waals surface area contributed by atoms with E-state index in [0.717, 1.165) is 27.1 Å². The third-order valence-electron chi connectivity index (χ3n) is 3.06. The summed E-state index contributed by atoms with van der Waals surface area (Å²) in [6.45, 7) is 0. The third-order valence-corrected chi connectivity index (χ3v) is 3.06. The molecule has 1 aliphatic rings. The smallest absolute Gasteiger partial charge is 0.338 e. The van der Waals surface area contributed by atoms with Gasteiger partial charge in [-0.15, -0.1) is 0 Å². The van der Waals surface area contributed by atoms with Gasteiger partial charge in [-0.3, -0.25) is 0 Å². The van der Waals surface area contributed by atoms with Crippen LogP contribution in [-0.2, 0) is 19.1 Å². The molecule has 8 heteroatoms. The monoisotopic (exact) mass is 292 g/mol. The highest BCUT2D eigenvalue weighted by Crippen LogP contribution is 2.14. The zero-order valence-electron chi connectivity index (χ0n) is 11.8. The number of esters is 2. The molecular weight excluding hydrogens is 268 g/mol. The van der Waals surface area contributed by atoms with Crippen LogP contribution in [0.25, 0.3) is 0 Å². The number of nitrogens with two attached hydrogens (primary N) is 2. The van der Waals surface area contributed by atoms with Gasteiger partial charge in [0.15, 0.2) is 12.2 Å². The first-order valence-electron chi connectivity index (χ1n) is 6.38. The number of hydrogen-bond donors (Lipinski definition) is 4. The molecule has 1 fully saturated rings. The Bertz CT molecular complexity index is 282. The van der Waals surface area contributed by atoms with Crippen LogP contribution in [0.5, 0.6) is 0 Å². The zero-order valence-corrected chi connectivity index (χ0v) is 11.8. The predicted octanol–water partition coefficient (Wildman–Crippen LogP) is -1.73. The summed E-state index contributed by atoms with van der Waals surface area (Å²) >= 11 is 0. The summed E-state index contributed by atoms with van der Waals surface area (Å²) in [6.07, 6.45) is 0.997. The lowest BCUT2D eigenvalue weighted by molar-refractivity contribution is -0.169. The first kappa shape index (κ1) is 18.8. The van der Waals surface area contributed by atoms with Crippen molar-refractivity contribution in [1.29, 1.82) is 0 Å². The predicted molar refractivity (Wildman–Crippen MR) is 70.5 cm³/mol. The molecule has 1 rings (SSSR count). The molecule has 0 unspecified atom stereocenters. The zero-order chi connectivity index (χ0) is 15.7. The Morgan fingerprint density at radius 2 is 1.25 bits per heavy atom. The summed E-state index contributed by atoms with van der Waals surface area (Å²) in [7, 11) is 2.05. The molecule has 4 atom stereocenters. The van der Waals surface area contributed by atoms with Crippen LogP contribution in [0.3, 0.4) is 0 Å². The van der Waals surface area contributed by atoms with E-state index in [1.54, 1.807) is 0 Å². The van der Waals surface area contributed by atoms with Crippen LogP contribution in [0.2, 0.25) is 0 Å². The van der Waals surface area contributed by atoms with E-state index in [-0.39, 0.29) is 12.1 Å². The maximum absolute atomic E-state index is 10.5. The van der Waals surface area contributed by atoms with E-state index >= 15 is 0 Å². The fraction of sp³-hybridized carbons (Fsp3) is 0.833. The molecule has 1 aliphatic carbocycles. The normalized spacial score (nSPS) is 24.7. The van der Waals surface area contributed by atoms with Crippen molar-refractivity contribution in [3.05, 3.63) is 0 Å². The van der Waals surface area contributed by atoms with Crippen molar-refractivity contribution in [1.82, 2.24) is 0 Å². The molecule has 0 spiro atoms. The van der Waals surface area contributed by atoms with Crippen molar-refractivity contribution in [2.75, 3.05) is 14.2 Å². The molecule has 0 radical (unpaired) electrons. The summed E-state index contributed by atoms with van der Waals surface area (Å²) in [5.74, 6) is -2.18. The van der Waals surface area contributed by atoms with Gasteiger partial charge in [-0.2, -0.15) is 0 Å². The Labute approximate surface area is 118 Å². The second kappa shape index (κ2) is 9.65. The summed E-state index contributed by atoms with van der Waals surface area (Å²) in [4.78, 5) is 21.1. The van der Waals surface area contributed by atoms with Crippen LogP contribution < -0.4 is 11.5 Å². The van der Waals surface area contributed by atoms with Crippen LogP contribution in [0.4, 0.5) is 0 Å². The number of carbonyl (C=O) groups excluding carboxylic acids is 2. The van der Waals surface area contributed by atoms with Gasteiger partial charge in [-0.25, -0.2) is 9.59 Å². The Hall–Kier alpha value is -1.22. The lowest BCUT2D eigenvalue weighted by Gasteiger charge is -2.24. The van der Waals surface area contributed by atoms with E-state index in [1.165, 1.54) is 12.8 Å². The van der Waals surface area contributed by atoms with Gasteiger partial charge in [0.25, 0.3) is 0 Å². The molecule has 0 saturated heterocycles. The van der Waals surface area contributed by atoms with Crippen molar-refractivity contribution in [2.24, 2.45) is 11.5 Å². The SMILES string of the molecule is COC(=O)[C@H](O)[C@@H](O)C(=O)OC.N[C@@H]1CCCC[C@H]1N. The molecule has 0 aromatic carbocycles. The van der Waals surface area contributed by atoms with Crippen molar-refractivity contribution in [3.8, 4) is 0 Å². The molecule has 1 saturated carbocycles. The summed E-state index contributed by atoms with van der Waals surface area (Å²) in [6, 6.07) is 0.562. The molecule has 0 heterocycles. The number of aliphatic hydroxyl groups excluding tert-OH is 2. The van der Waals surface area contributed by atoms with Crippen LogP contribution in [0.1, 0.15) is 25.7 Å². The average Bonchev–Trinajstić information content (AvgIpc) is 2.47. The maximum atomic E-state index is 10.5. The van der Waals surface area contributed by atoms with Crippen LogP contribution in [0.15, 0.2) is 0 Å². The number of aliphatic hydroxyl groups is 2. The number of carbonyl (C=O) groups is 2. The molecule has 0 aromatic heterocycles. The van der Waals surface area contributed by atoms with E-state index in [0.29, 0.717) is 0 Å². The van der Waals surface area contributed by atoms with E-state index < -0.39 is 24.1 Å². The molecule has 0 amide bonds. The molecule has 20 heavy (non-hydrogen) atoms. The minimum absolute atomic E-state index is 0.281. The lowest BCUT2D eigenvalue weighted by atomic mass is 9.92. The molecule has 0 bridgehead atoms. The van der Waals surface area contributed by atoms with Gasteiger partial charge >= 0.3 is 11.9 Å². The Morgan fingerprint density at radius 1 is 0.950 bits per heavy atom. The van der Waals surface area contributed by atoms with Crippen LogP contribution in [-0.4, -0.2) is 60.7 Å². The third kappa shape index (κ3) is 6.29. The minimum atomic E-state index is -1.90. The molecular formula is C12H24N2O6. The average molecular weight is 292 g/mol. The standard InChI is InChI=1S/C6H14N2.C6H10O6/c7-5-3-1-2-4-6(5)8;1-11-5(9)3(7)4(8)6(10)12-2/h5-6H,1-4,7-8H2;3-4,7-8H,1-2H3/t5-,6-;3-,4-/m11/s1. The van der Waals surface area contributed by atoms with Crippen LogP contribution >= 0.6 is 0 Å². The minimum Gasteiger partial charge on any atom is -0.467 e. The second-order valence-corrected chi connectivity index (χ2v) is 4.55. The molecule has 118 valence electrons. The Morgan fingerprint density at radius 3 is 1.45 bits per heavy atom. The summed E-state index contributed by atoms with van der Waals surface area (Å²) in [5.41, 5.74) is 11.3. The van der Waals surface area contributed by atoms with Crippen LogP contribution in [0, 0.1) is 0 Å². The highest BCUT2D eigenvalue weighted by molar-refractivity contribution is 5.85. The quantitative estimate of drug-likeness (QED) is 0.449. The number of methoxy groups -OCH3 is 2. The molecule has 0 aliphatic heterocycles. The van der Waals surface area contributed by atoms with E-state index in [4.69, 9.17) is 21.7 Å². The number of hydrogen-bond acceptors (Lipinski definition) is 8. The number of ether oxygens (including phenoxy) is 2. The van der Waals surface area contributed by atoms with Gasteiger partial charge in [0.05, 0.1) is 14.2 Å². The van der Waals surface area contributed by atoms with Crippen molar-refractivity contribution in [2.45, 2.75) is 50.0 Å². The second-order valence-electron chi connectivity index (χ2n) is 4.55. The maximum Gasteiger partial charge on any atom is 0.338 e. The number of rotatable bonds is 3. The first-order chi connectivity index (χ1) is 9.34. The first-order valence-corrected chi connectivity index (χ1v) is 6.38. The molecule has 8 nitrogen and oxygen atoms in total. The van der Waals surface area contributed by atoms with E-state index in [2.05, 4.69) is 9.47 Å². The van der Waals surface area contributed by atoms with Gasteiger partial charge in [-0.05, 0) is 12.8 Å². The van der Waals surface area contributed by atoms with Crippen molar-refractivity contribution < 1.29 is 29.3 Å². The summed E-state index contributed by atoms with van der Waals surface area (Å²) < 4.78 is 8.14. The van der Waals surface area contributed by atoms with Crippen molar-refractivity contribution in [3.63, 3.8) is 0 Å². The Balaban J connectivity index is 0.000000388. The van der Waals surface area contributed by atoms with Gasteiger partial charge in [0.2, 0.25) is 0 Å². The Kier molecular flexibility index (Phi) is 9.06. The van der Waals surface area contributed by atoms with Gasteiger partial charge < -0.3 is 31.2 Å². The summed E-state index contributed by atoms with van der Waals surface area (Å²) in [5, 5.41) is 17.7. The fourth-order valence-corrected chi connectivity index (χ4v) is 1.69.